The van der Waals surface area contributed by atoms with Crippen LogP contribution < -0.4 is 5.32 Å². The number of anilines is 1. The summed E-state index contributed by atoms with van der Waals surface area (Å²) in [6, 6.07) is 11.0. The number of rotatable bonds is 2. The summed E-state index contributed by atoms with van der Waals surface area (Å²) in [5, 5.41) is 4.66. The lowest BCUT2D eigenvalue weighted by molar-refractivity contribution is 0.102. The number of fused-ring (bicyclic) bond motifs is 2. The van der Waals surface area contributed by atoms with Crippen LogP contribution in [0.1, 0.15) is 9.80 Å². The first-order valence-electron chi connectivity index (χ1n) is 6.53. The number of halogens is 2. The number of para-hydroxylation sites is 1. The molecular formula is C15H7Cl2N3OS2. The van der Waals surface area contributed by atoms with Crippen LogP contribution in [0.5, 0.6) is 0 Å². The van der Waals surface area contributed by atoms with Crippen LogP contribution >= 0.6 is 45.9 Å². The van der Waals surface area contributed by atoms with Crippen molar-refractivity contribution in [3.05, 3.63) is 51.5 Å². The van der Waals surface area contributed by atoms with Crippen LogP contribution in [0, 0.1) is 0 Å². The predicted molar refractivity (Wildman–Crippen MR) is 97.2 cm³/mol. The third-order valence-corrected chi connectivity index (χ3v) is 5.93. The summed E-state index contributed by atoms with van der Waals surface area (Å²) < 4.78 is 1.71. The maximum Gasteiger partial charge on any atom is 0.286 e. The van der Waals surface area contributed by atoms with E-state index < -0.39 is 0 Å². The molecule has 0 spiro atoms. The van der Waals surface area contributed by atoms with Crippen molar-refractivity contribution in [2.75, 3.05) is 5.32 Å². The summed E-state index contributed by atoms with van der Waals surface area (Å²) in [5.74, 6) is -0.294. The smallest absolute Gasteiger partial charge is 0.286 e. The number of carbonyl (C=O) groups excluding carboxylic acids is 1. The summed E-state index contributed by atoms with van der Waals surface area (Å²) >= 11 is 14.9. The zero-order chi connectivity index (χ0) is 16.0. The number of aromatic nitrogens is 2. The Morgan fingerprint density at radius 1 is 1.00 bits per heavy atom. The second kappa shape index (κ2) is 5.72. The van der Waals surface area contributed by atoms with E-state index in [1.807, 2.05) is 24.3 Å². The molecule has 4 aromatic rings. The van der Waals surface area contributed by atoms with Crippen LogP contribution in [0.4, 0.5) is 5.13 Å². The minimum absolute atomic E-state index is 0.294. The Morgan fingerprint density at radius 3 is 2.57 bits per heavy atom. The average molecular weight is 380 g/mol. The highest BCUT2D eigenvalue weighted by atomic mass is 35.5. The Kier molecular flexibility index (Phi) is 3.69. The average Bonchev–Trinajstić information content (AvgIpc) is 3.15. The molecule has 0 radical (unpaired) electrons. The van der Waals surface area contributed by atoms with Gasteiger partial charge in [-0.15, -0.1) is 11.3 Å². The number of hydrogen-bond donors (Lipinski definition) is 1. The third-order valence-electron chi connectivity index (χ3n) is 3.15. The minimum atomic E-state index is -0.294. The van der Waals surface area contributed by atoms with Gasteiger partial charge in [-0.3, -0.25) is 10.1 Å². The Morgan fingerprint density at radius 2 is 1.78 bits per heavy atom. The van der Waals surface area contributed by atoms with E-state index >= 15 is 0 Å². The van der Waals surface area contributed by atoms with Crippen molar-refractivity contribution in [2.24, 2.45) is 0 Å². The van der Waals surface area contributed by atoms with E-state index in [9.17, 15) is 4.79 Å². The van der Waals surface area contributed by atoms with Gasteiger partial charge in [0.25, 0.3) is 5.91 Å². The SMILES string of the molecule is O=C(Nc1nc2c(Cl)ccc(Cl)c2s1)c1nc2ccccc2s1. The van der Waals surface area contributed by atoms with Gasteiger partial charge in [0, 0.05) is 0 Å². The first-order chi connectivity index (χ1) is 11.1. The number of thiazole rings is 2. The molecule has 0 aliphatic rings. The van der Waals surface area contributed by atoms with E-state index in [1.165, 1.54) is 22.7 Å². The van der Waals surface area contributed by atoms with Crippen molar-refractivity contribution in [1.29, 1.82) is 0 Å². The van der Waals surface area contributed by atoms with Crippen molar-refractivity contribution < 1.29 is 4.79 Å². The second-order valence-corrected chi connectivity index (χ2v) is 7.51. The summed E-state index contributed by atoms with van der Waals surface area (Å²) in [6.07, 6.45) is 0. The van der Waals surface area contributed by atoms with Gasteiger partial charge in [0.2, 0.25) is 0 Å². The molecule has 2 heterocycles. The Bertz CT molecular complexity index is 985. The first kappa shape index (κ1) is 14.8. The number of nitrogens with zero attached hydrogens (tertiary/aromatic N) is 2. The Hall–Kier alpha value is -1.73. The highest BCUT2D eigenvalue weighted by Gasteiger charge is 2.16. The molecule has 2 aromatic heterocycles. The first-order valence-corrected chi connectivity index (χ1v) is 8.92. The zero-order valence-electron chi connectivity index (χ0n) is 11.3. The Balaban J connectivity index is 1.68. The van der Waals surface area contributed by atoms with Gasteiger partial charge >= 0.3 is 0 Å². The molecule has 0 bridgehead atoms. The summed E-state index contributed by atoms with van der Waals surface area (Å²) in [4.78, 5) is 21.0. The lowest BCUT2D eigenvalue weighted by Crippen LogP contribution is -2.10. The van der Waals surface area contributed by atoms with Crippen molar-refractivity contribution in [3.8, 4) is 0 Å². The van der Waals surface area contributed by atoms with Gasteiger partial charge in [0.15, 0.2) is 10.1 Å². The molecule has 0 atom stereocenters. The van der Waals surface area contributed by atoms with Crippen molar-refractivity contribution in [2.45, 2.75) is 0 Å². The van der Waals surface area contributed by atoms with Gasteiger partial charge in [-0.2, -0.15) is 0 Å². The van der Waals surface area contributed by atoms with Gasteiger partial charge < -0.3 is 0 Å². The van der Waals surface area contributed by atoms with Gasteiger partial charge in [0.1, 0.15) is 5.52 Å². The van der Waals surface area contributed by atoms with E-state index in [-0.39, 0.29) is 5.91 Å². The molecular weight excluding hydrogens is 373 g/mol. The topological polar surface area (TPSA) is 54.9 Å². The molecule has 0 fully saturated rings. The molecule has 23 heavy (non-hydrogen) atoms. The van der Waals surface area contributed by atoms with Gasteiger partial charge in [-0.25, -0.2) is 9.97 Å². The monoisotopic (exact) mass is 379 g/mol. The lowest BCUT2D eigenvalue weighted by atomic mass is 10.3. The second-order valence-electron chi connectivity index (χ2n) is 4.67. The molecule has 0 saturated carbocycles. The standard InChI is InChI=1S/C15H7Cl2N3OS2/c16-7-5-6-8(17)12-11(7)19-15(23-12)20-13(21)14-18-9-3-1-2-4-10(9)22-14/h1-6H,(H,19,20,21). The van der Waals surface area contributed by atoms with Crippen LogP contribution in [-0.4, -0.2) is 15.9 Å². The fourth-order valence-corrected chi connectivity index (χ4v) is 4.39. The maximum absolute atomic E-state index is 12.4. The number of nitrogens with one attached hydrogen (secondary N) is 1. The van der Waals surface area contributed by atoms with Crippen LogP contribution in [0.3, 0.4) is 0 Å². The molecule has 0 unspecified atom stereocenters. The highest BCUT2D eigenvalue weighted by molar-refractivity contribution is 7.23. The maximum atomic E-state index is 12.4. The fourth-order valence-electron chi connectivity index (χ4n) is 2.12. The predicted octanol–water partition coefficient (Wildman–Crippen LogP) is 5.47. The molecule has 0 aliphatic heterocycles. The number of carbonyl (C=O) groups is 1. The van der Waals surface area contributed by atoms with Gasteiger partial charge in [0.05, 0.1) is 25.0 Å². The molecule has 4 rings (SSSR count). The molecule has 4 nitrogen and oxygen atoms in total. The Labute approximate surface area is 148 Å². The number of hydrogen-bond acceptors (Lipinski definition) is 5. The van der Waals surface area contributed by atoms with Gasteiger partial charge in [-0.1, -0.05) is 46.7 Å². The number of benzene rings is 2. The van der Waals surface area contributed by atoms with Crippen molar-refractivity contribution >= 4 is 77.3 Å². The summed E-state index contributed by atoms with van der Waals surface area (Å²) in [5.41, 5.74) is 1.39. The van der Waals surface area contributed by atoms with Crippen LogP contribution in [0.2, 0.25) is 10.0 Å². The van der Waals surface area contributed by atoms with Gasteiger partial charge in [-0.05, 0) is 24.3 Å². The normalized spacial score (nSPS) is 11.2. The van der Waals surface area contributed by atoms with E-state index in [0.29, 0.717) is 25.7 Å². The van der Waals surface area contributed by atoms with Crippen LogP contribution in [0.25, 0.3) is 20.4 Å². The molecule has 1 N–H and O–H groups in total. The van der Waals surface area contributed by atoms with Crippen LogP contribution in [0.15, 0.2) is 36.4 Å². The summed E-state index contributed by atoms with van der Waals surface area (Å²) in [7, 11) is 0. The van der Waals surface area contributed by atoms with Crippen molar-refractivity contribution in [3.63, 3.8) is 0 Å². The highest BCUT2D eigenvalue weighted by Crippen LogP contribution is 2.36. The fraction of sp³-hybridized carbons (Fsp3) is 0. The molecule has 0 saturated heterocycles. The molecule has 0 aliphatic carbocycles. The third kappa shape index (κ3) is 2.68. The lowest BCUT2D eigenvalue weighted by Gasteiger charge is -1.96. The quantitative estimate of drug-likeness (QED) is 0.502. The molecule has 2 aromatic carbocycles. The van der Waals surface area contributed by atoms with E-state index in [1.54, 1.807) is 12.1 Å². The zero-order valence-corrected chi connectivity index (χ0v) is 14.5. The van der Waals surface area contributed by atoms with Crippen LogP contribution in [-0.2, 0) is 0 Å². The van der Waals surface area contributed by atoms with E-state index in [4.69, 9.17) is 23.2 Å². The van der Waals surface area contributed by atoms with Crippen molar-refractivity contribution in [1.82, 2.24) is 9.97 Å². The largest absolute Gasteiger partial charge is 0.296 e. The minimum Gasteiger partial charge on any atom is -0.296 e. The molecule has 1 amide bonds. The van der Waals surface area contributed by atoms with E-state index in [0.717, 1.165) is 14.9 Å². The number of amides is 1. The molecule has 8 heteroatoms. The summed E-state index contributed by atoms with van der Waals surface area (Å²) in [6.45, 7) is 0. The molecule has 114 valence electrons. The van der Waals surface area contributed by atoms with E-state index in [2.05, 4.69) is 15.3 Å².